The van der Waals surface area contributed by atoms with E-state index < -0.39 is 0 Å². The van der Waals surface area contributed by atoms with Crippen LogP contribution in [0.15, 0.2) is 0 Å². The van der Waals surface area contributed by atoms with E-state index in [0.29, 0.717) is 32.8 Å². The number of thiocarbonyl (C=S) groups is 4. The molecule has 0 fully saturated rings. The summed E-state index contributed by atoms with van der Waals surface area (Å²) in [5.74, 6) is 0. The Balaban J connectivity index is -0.000000404. The van der Waals surface area contributed by atoms with Crippen LogP contribution in [0.3, 0.4) is 0 Å². The summed E-state index contributed by atoms with van der Waals surface area (Å²) in [4.78, 5) is 0. The van der Waals surface area contributed by atoms with Gasteiger partial charge in [-0.3, -0.25) is 0 Å². The van der Waals surface area contributed by atoms with Gasteiger partial charge in [0.25, 0.3) is 0 Å². The molecule has 101 heavy (non-hydrogen) atoms. The normalized spacial score (nSPS) is 11.7. The summed E-state index contributed by atoms with van der Waals surface area (Å²) in [5.41, 5.74) is 0. The van der Waals surface area contributed by atoms with Crippen molar-refractivity contribution in [2.24, 2.45) is 0 Å². The van der Waals surface area contributed by atoms with Crippen LogP contribution in [-0.2, 0) is 123 Å². The zero-order chi connectivity index (χ0) is 75.2. The monoisotopic (exact) mass is 1710 g/mol. The van der Waals surface area contributed by atoms with Gasteiger partial charge in [-0.1, -0.05) is 364 Å². The molecule has 0 aliphatic rings. The molecule has 0 aromatic heterocycles. The molecule has 0 amide bonds. The molecule has 4 nitrogen and oxygen atoms in total. The Morgan fingerprint density at radius 3 is 0.297 bits per heavy atom. The van der Waals surface area contributed by atoms with Crippen LogP contribution in [0.1, 0.15) is 466 Å². The van der Waals surface area contributed by atoms with Crippen molar-refractivity contribution in [2.45, 2.75) is 466 Å². The Morgan fingerprint density at radius 2 is 0.228 bits per heavy atom. The van der Waals surface area contributed by atoms with Crippen molar-refractivity contribution in [2.75, 3.05) is 52.4 Å². The van der Waals surface area contributed by atoms with Gasteiger partial charge < -0.3 is 166 Å². The van der Waals surface area contributed by atoms with E-state index in [1.807, 2.05) is 0 Å². The van der Waals surface area contributed by atoms with Crippen molar-refractivity contribution >= 4 is 168 Å². The first-order valence-electron chi connectivity index (χ1n) is 43.4. The van der Waals surface area contributed by atoms with E-state index in [1.165, 1.54) is 411 Å². The van der Waals surface area contributed by atoms with E-state index in [4.69, 9.17) is 151 Å². The zero-order valence-corrected chi connectivity index (χ0v) is 79.8. The summed E-state index contributed by atoms with van der Waals surface area (Å²) < 4.78 is 4.04. The third-order valence-corrected chi connectivity index (χ3v) is 26.2. The maximum Gasteiger partial charge on any atom is 4.00 e. The van der Waals surface area contributed by atoms with E-state index in [0.717, 1.165) is 52.4 Å². The first-order valence-corrected chi connectivity index (χ1v) is 48.2. The van der Waals surface area contributed by atoms with Crippen LogP contribution < -0.4 is 0 Å². The Hall–Kier alpha value is 3.17. The molecular weight excluding hydrogens is 1550 g/mol. The summed E-state index contributed by atoms with van der Waals surface area (Å²) in [5, 5.41) is 0. The van der Waals surface area contributed by atoms with Crippen LogP contribution in [-0.4, -0.2) is 85.2 Å². The number of unbranched alkanes of at least 4 members (excludes halogenated alkanes) is 56. The Morgan fingerprint density at radius 1 is 0.158 bits per heavy atom. The van der Waals surface area contributed by atoms with Crippen LogP contribution in [0.2, 0.25) is 0 Å². The minimum absolute atomic E-state index is 0. The molecule has 0 atom stereocenters. The first-order chi connectivity index (χ1) is 48.3. The van der Waals surface area contributed by atoms with Gasteiger partial charge in [0.2, 0.25) is 0 Å². The predicted molar refractivity (Wildman–Crippen MR) is 490 cm³/mol. The molecule has 17 heteroatoms. The van der Waals surface area contributed by atoms with Crippen molar-refractivity contribution in [3.8, 4) is 0 Å². The molecule has 0 aromatic rings. The molecule has 0 aromatic carbocycles. The summed E-state index contributed by atoms with van der Waals surface area (Å²) in [7, 11) is 0. The minimum atomic E-state index is 0. The quantitative estimate of drug-likeness (QED) is 0.0187. The van der Waals surface area contributed by atoms with Gasteiger partial charge in [-0.15, -0.1) is 0 Å². The summed E-state index contributed by atoms with van der Waals surface area (Å²) >= 11 is 65.6. The van der Waals surface area contributed by atoms with Gasteiger partial charge in [-0.05, 0) is 103 Å². The second-order valence-corrected chi connectivity index (χ2v) is 37.1. The number of nitrogens with zero attached hydrogens (tertiary/aromatic N) is 4. The Bertz CT molecular complexity index is 1400. The van der Waals surface area contributed by atoms with Crippen LogP contribution >= 0.6 is 48.9 Å². The second kappa shape index (κ2) is 87.1. The maximum absolute atomic E-state index is 5.79. The fraction of sp³-hybridized carbons (Fsp3) is 0.952. The molecular formula is C84H168MoN4S12. The van der Waals surface area contributed by atoms with Crippen LogP contribution in [0.5, 0.6) is 0 Å². The van der Waals surface area contributed by atoms with Gasteiger partial charge in [-0.25, -0.2) is 0 Å². The number of rotatable bonds is 72. The van der Waals surface area contributed by atoms with Crippen LogP contribution in [0, 0.1) is 0 Å². The molecule has 0 spiro atoms. The number of hydrogen-bond acceptors (Lipinski definition) is 12. The van der Waals surface area contributed by atoms with Crippen molar-refractivity contribution in [1.29, 1.82) is 0 Å². The van der Waals surface area contributed by atoms with Gasteiger partial charge in [-0.2, -0.15) is 0 Å². The van der Waals surface area contributed by atoms with E-state index in [-0.39, 0.29) is 21.1 Å². The van der Waals surface area contributed by atoms with E-state index >= 15 is 0 Å². The fourth-order valence-electron chi connectivity index (χ4n) is 13.2. The van der Waals surface area contributed by atoms with Crippen LogP contribution in [0.25, 0.3) is 0 Å². The van der Waals surface area contributed by atoms with Gasteiger partial charge in [0.15, 0.2) is 0 Å². The van der Waals surface area contributed by atoms with Crippen molar-refractivity contribution in [1.82, 2.24) is 0 Å². The number of hydrogen-bond donors (Lipinski definition) is 0. The fourth-order valence-corrected chi connectivity index (χ4v) is 15.7. The molecule has 0 saturated heterocycles. The van der Waals surface area contributed by atoms with Gasteiger partial charge in [0.1, 0.15) is 0 Å². The summed E-state index contributed by atoms with van der Waals surface area (Å²) in [6, 6.07) is 0. The average molecular weight is 1720 g/mol. The van der Waals surface area contributed by atoms with Crippen molar-refractivity contribution in [3.63, 3.8) is 0 Å². The predicted octanol–water partition coefficient (Wildman–Crippen LogP) is 29.5. The van der Waals surface area contributed by atoms with E-state index in [1.54, 1.807) is 0 Å². The van der Waals surface area contributed by atoms with Crippen molar-refractivity contribution < 1.29 is 36.6 Å². The van der Waals surface area contributed by atoms with E-state index in [2.05, 4.69) is 55.4 Å². The summed E-state index contributed by atoms with van der Waals surface area (Å²) in [6.45, 7) is 25.8. The molecule has 0 unspecified atom stereocenters. The SMILES string of the molecule is CCCCCCCCCC[N+]([S-])(CCCCCCCCCC)C(=S)[S-].CCCCCCCCCC[N+]([S-])(CCCCCCCCCC)C(=S)[S-].CCCCCCCCCC[N+]([S-])(CCCCCCCCCC)C(=S)[S-].CCCCCCCCCC[N+]([S-])(CCCCCCCCCC)C(=S)[S-].[Mo+4]. The summed E-state index contributed by atoms with van der Waals surface area (Å²) in [6.07, 6.45) is 85.1. The minimum Gasteiger partial charge on any atom is -0.489 e. The van der Waals surface area contributed by atoms with Gasteiger partial charge in [0, 0.05) is 17.3 Å². The molecule has 602 valence electrons. The molecule has 0 aliphatic heterocycles. The average Bonchev–Trinajstić information content (AvgIpc) is 0.915. The molecule has 0 saturated carbocycles. The Labute approximate surface area is 716 Å². The van der Waals surface area contributed by atoms with Crippen LogP contribution in [0.4, 0.5) is 0 Å². The maximum atomic E-state index is 5.79. The third kappa shape index (κ3) is 79.6. The standard InChI is InChI=1S/4C21H43NS3.Mo/c4*1-3-5-7-9-11-13-15-17-19-22(25,21(23)24)20-18-16-14-12-10-8-6-4-2;/h4*3-20H2,1-2H3,(H,23,24);/q;;;;+4/p-4. The third-order valence-electron chi connectivity index (χ3n) is 20.3. The van der Waals surface area contributed by atoms with Crippen molar-refractivity contribution in [3.05, 3.63) is 0 Å². The molecule has 0 aliphatic carbocycles. The molecule has 0 rings (SSSR count). The van der Waals surface area contributed by atoms with Gasteiger partial charge >= 0.3 is 21.1 Å². The molecule has 0 bridgehead atoms. The zero-order valence-electron chi connectivity index (χ0n) is 68.0. The Kier molecular flexibility index (Phi) is 97.3. The smallest absolute Gasteiger partial charge is 0.489 e. The molecule has 0 heterocycles. The largest absolute Gasteiger partial charge is 4.00 e. The van der Waals surface area contributed by atoms with Gasteiger partial charge in [0.05, 0.1) is 52.4 Å². The topological polar surface area (TPSA) is 0 Å². The molecule has 0 radical (unpaired) electrons. The van der Waals surface area contributed by atoms with E-state index in [9.17, 15) is 0 Å². The second-order valence-electron chi connectivity index (χ2n) is 30.2. The number of quaternary nitrogens is 4. The molecule has 0 N–H and O–H groups in total. The first kappa shape index (κ1) is 113.